The lowest BCUT2D eigenvalue weighted by Gasteiger charge is -2.17. The molecule has 374 valence electrons. The number of carbonyl (C=O) groups excluding carboxylic acids is 4. The maximum atomic E-state index is 13.5. The normalized spacial score (nSPS) is 14.3. The molecule has 8 rings (SSSR count). The smallest absolute Gasteiger partial charge is 0.261 e. The van der Waals surface area contributed by atoms with Crippen LogP contribution < -0.4 is 30.7 Å². The Bertz CT molecular complexity index is 3250. The number of aromatic amines is 2. The molecule has 2 aliphatic rings. The highest BCUT2D eigenvalue weighted by Crippen LogP contribution is 2.38. The Kier molecular flexibility index (Phi) is 14.4. The van der Waals surface area contributed by atoms with Crippen LogP contribution in [-0.2, 0) is 29.6 Å². The van der Waals surface area contributed by atoms with Gasteiger partial charge in [-0.25, -0.2) is 16.8 Å². The van der Waals surface area contributed by atoms with Gasteiger partial charge in [-0.3, -0.25) is 28.6 Å². The summed E-state index contributed by atoms with van der Waals surface area (Å²) in [5.41, 5.74) is 9.33. The summed E-state index contributed by atoms with van der Waals surface area (Å²) in [6, 6.07) is 23.1. The van der Waals surface area contributed by atoms with Gasteiger partial charge in [0.15, 0.2) is 0 Å². The van der Waals surface area contributed by atoms with E-state index in [2.05, 4.69) is 45.6 Å². The Labute approximate surface area is 419 Å². The van der Waals surface area contributed by atoms with Crippen LogP contribution in [0.3, 0.4) is 0 Å². The van der Waals surface area contributed by atoms with Crippen molar-refractivity contribution in [2.45, 2.75) is 64.2 Å². The fourth-order valence-corrected chi connectivity index (χ4v) is 11.2. The summed E-state index contributed by atoms with van der Waals surface area (Å²) in [5.74, 6) is -1.31. The molecule has 4 amide bonds. The van der Waals surface area contributed by atoms with Crippen LogP contribution in [0, 0.1) is 41.5 Å². The number of anilines is 4. The molecule has 8 N–H and O–H groups in total. The van der Waals surface area contributed by atoms with Crippen molar-refractivity contribution in [1.29, 1.82) is 0 Å². The van der Waals surface area contributed by atoms with Crippen LogP contribution in [0.2, 0.25) is 0 Å². The molecule has 0 bridgehead atoms. The second-order valence-electron chi connectivity index (χ2n) is 18.1. The number of H-pyrrole nitrogens is 2. The average Bonchev–Trinajstić information content (AvgIpc) is 4.01. The lowest BCUT2D eigenvalue weighted by Crippen LogP contribution is -2.31. The molecule has 19 heteroatoms. The predicted molar refractivity (Wildman–Crippen MR) is 282 cm³/mol. The van der Waals surface area contributed by atoms with E-state index in [1.807, 2.05) is 45.2 Å². The van der Waals surface area contributed by atoms with Crippen molar-refractivity contribution in [1.82, 2.24) is 25.5 Å². The second kappa shape index (κ2) is 20.5. The third-order valence-electron chi connectivity index (χ3n) is 12.9. The third-order valence-corrected chi connectivity index (χ3v) is 15.7. The van der Waals surface area contributed by atoms with Gasteiger partial charge in [-0.15, -0.1) is 0 Å². The van der Waals surface area contributed by atoms with Gasteiger partial charge in [-0.2, -0.15) is 0 Å². The maximum Gasteiger partial charge on any atom is 0.261 e. The highest BCUT2D eigenvalue weighted by molar-refractivity contribution is 7.93. The minimum Gasteiger partial charge on any atom is -0.358 e. The van der Waals surface area contributed by atoms with Crippen LogP contribution in [0.15, 0.2) is 94.7 Å². The minimum absolute atomic E-state index is 0.000213. The topological polar surface area (TPSA) is 244 Å². The number of nitrogens with one attached hydrogen (secondary N) is 8. The van der Waals surface area contributed by atoms with Gasteiger partial charge in [0.25, 0.3) is 43.7 Å². The van der Waals surface area contributed by atoms with E-state index in [9.17, 15) is 36.0 Å². The van der Waals surface area contributed by atoms with Crippen molar-refractivity contribution in [2.75, 3.05) is 53.3 Å². The number of rotatable bonds is 18. The number of amides is 4. The van der Waals surface area contributed by atoms with Crippen LogP contribution in [0.4, 0.5) is 22.7 Å². The van der Waals surface area contributed by atoms with E-state index in [4.69, 9.17) is 0 Å². The van der Waals surface area contributed by atoms with Crippen molar-refractivity contribution in [3.8, 4) is 0 Å². The number of aromatic nitrogens is 2. The molecule has 6 aromatic rings. The van der Waals surface area contributed by atoms with Crippen molar-refractivity contribution in [2.24, 2.45) is 0 Å². The zero-order chi connectivity index (χ0) is 51.6. The molecule has 2 aromatic heterocycles. The van der Waals surface area contributed by atoms with E-state index < -0.39 is 31.9 Å². The highest BCUT2D eigenvalue weighted by Gasteiger charge is 2.30. The molecule has 0 fully saturated rings. The summed E-state index contributed by atoms with van der Waals surface area (Å²) in [6.07, 6.45) is 4.60. The molecular formula is C53H57N9O8S2. The number of sulfonamides is 2. The van der Waals surface area contributed by atoms with E-state index in [0.29, 0.717) is 118 Å². The Morgan fingerprint density at radius 2 is 0.958 bits per heavy atom. The predicted octanol–water partition coefficient (Wildman–Crippen LogP) is 7.65. The molecule has 0 unspecified atom stereocenters. The molecule has 4 aromatic carbocycles. The summed E-state index contributed by atoms with van der Waals surface area (Å²) in [7, 11) is -5.97. The minimum atomic E-state index is -3.97. The zero-order valence-corrected chi connectivity index (χ0v) is 42.6. The van der Waals surface area contributed by atoms with Gasteiger partial charge in [0.2, 0.25) is 0 Å². The number of para-hydroxylation sites is 2. The first kappa shape index (κ1) is 50.6. The highest BCUT2D eigenvalue weighted by atomic mass is 32.2. The Balaban J connectivity index is 0.816. The number of nitrogens with zero attached hydrogens (tertiary/aromatic N) is 1. The Hall–Kier alpha value is -7.74. The van der Waals surface area contributed by atoms with Gasteiger partial charge in [-0.1, -0.05) is 36.4 Å². The van der Waals surface area contributed by atoms with Gasteiger partial charge in [0.05, 0.1) is 43.4 Å². The van der Waals surface area contributed by atoms with Gasteiger partial charge >= 0.3 is 0 Å². The number of hydrogen-bond acceptors (Lipinski definition) is 9. The zero-order valence-electron chi connectivity index (χ0n) is 41.0. The fourth-order valence-electron chi connectivity index (χ4n) is 8.93. The molecule has 0 radical (unpaired) electrons. The van der Waals surface area contributed by atoms with Gasteiger partial charge < -0.3 is 36.1 Å². The summed E-state index contributed by atoms with van der Waals surface area (Å²) in [5, 5.41) is 11.6. The van der Waals surface area contributed by atoms with Crippen LogP contribution in [0.25, 0.3) is 23.3 Å². The van der Waals surface area contributed by atoms with Crippen LogP contribution in [0.1, 0.15) is 89.7 Å². The SMILES string of the molecule is Cc1ccccc1NS(=O)(=O)c1ccc2c(c1)/C(=C/c1[nH]c(C)c(C(=O)NCCCN(C)CCCNC(=O)c3c(C)[nH]c(/C=C4\C(=O)Nc5ccc(S(=O)(=O)Nc6ccccc6C)cc54)c3C)c1C)C(=O)N2. The van der Waals surface area contributed by atoms with Crippen molar-refractivity contribution in [3.05, 3.63) is 152 Å². The van der Waals surface area contributed by atoms with E-state index in [-0.39, 0.29) is 32.8 Å². The summed E-state index contributed by atoms with van der Waals surface area (Å²) in [4.78, 5) is 61.8. The summed E-state index contributed by atoms with van der Waals surface area (Å²) >= 11 is 0. The molecule has 0 saturated carbocycles. The molecule has 0 spiro atoms. The maximum absolute atomic E-state index is 13.5. The first-order chi connectivity index (χ1) is 34.2. The van der Waals surface area contributed by atoms with Gasteiger partial charge in [0.1, 0.15) is 0 Å². The lowest BCUT2D eigenvalue weighted by molar-refractivity contribution is -0.111. The van der Waals surface area contributed by atoms with Crippen molar-refractivity contribution >= 4 is 89.7 Å². The number of benzene rings is 4. The van der Waals surface area contributed by atoms with Gasteiger partial charge in [0, 0.05) is 58.4 Å². The van der Waals surface area contributed by atoms with E-state index >= 15 is 0 Å². The number of carbonyl (C=O) groups is 4. The Morgan fingerprint density at radius 1 is 0.569 bits per heavy atom. The van der Waals surface area contributed by atoms with Crippen LogP contribution in [-0.4, -0.2) is 88.6 Å². The van der Waals surface area contributed by atoms with Crippen molar-refractivity contribution in [3.63, 3.8) is 0 Å². The number of fused-ring (bicyclic) bond motifs is 2. The number of hydrogen-bond donors (Lipinski definition) is 8. The first-order valence-corrected chi connectivity index (χ1v) is 26.3. The largest absolute Gasteiger partial charge is 0.358 e. The quantitative estimate of drug-likeness (QED) is 0.0311. The van der Waals surface area contributed by atoms with E-state index in [1.165, 1.54) is 24.3 Å². The monoisotopic (exact) mass is 1010 g/mol. The lowest BCUT2D eigenvalue weighted by atomic mass is 10.0. The van der Waals surface area contributed by atoms with Gasteiger partial charge in [-0.05, 0) is 157 Å². The van der Waals surface area contributed by atoms with Crippen LogP contribution >= 0.6 is 0 Å². The first-order valence-electron chi connectivity index (χ1n) is 23.4. The molecule has 0 atom stereocenters. The van der Waals surface area contributed by atoms with Crippen molar-refractivity contribution < 1.29 is 36.0 Å². The molecule has 0 aliphatic carbocycles. The van der Waals surface area contributed by atoms with E-state index in [1.54, 1.807) is 76.2 Å². The molecule has 17 nitrogen and oxygen atoms in total. The fraction of sp³-hybridized carbons (Fsp3) is 0.245. The molecule has 2 aliphatic heterocycles. The second-order valence-corrected chi connectivity index (χ2v) is 21.5. The number of aryl methyl sites for hydroxylation is 4. The summed E-state index contributed by atoms with van der Waals surface area (Å²) in [6.45, 7) is 13.0. The molecule has 0 saturated heterocycles. The summed E-state index contributed by atoms with van der Waals surface area (Å²) < 4.78 is 58.7. The molecule has 4 heterocycles. The average molecular weight is 1010 g/mol. The third kappa shape index (κ3) is 10.6. The standard InChI is InChI=1S/C53H57N9O8S2/c1-30-14-8-10-16-42(30)60-71(67,68)36-18-20-44-38(26-36)40(50(63)58-44)28-46-32(3)48(34(5)56-46)52(65)54-22-12-24-62(7)25-13-23-55-53(66)49-33(4)47(57-35(49)6)29-41-39-27-37(19-21-45(39)59-51(41)64)72(69,70)61-43-17-11-9-15-31(43)2/h8-11,14-21,26-29,56-57,60-61H,12-13,22-25H2,1-7H3,(H,54,65)(H,55,66)(H,58,63)(H,59,64)/b40-28-,41-29-. The Morgan fingerprint density at radius 3 is 1.35 bits per heavy atom. The molecule has 72 heavy (non-hydrogen) atoms. The van der Waals surface area contributed by atoms with E-state index in [0.717, 1.165) is 11.1 Å². The molecular weight excluding hydrogens is 955 g/mol. The van der Waals surface area contributed by atoms with Crippen LogP contribution in [0.5, 0.6) is 0 Å².